The van der Waals surface area contributed by atoms with Gasteiger partial charge in [0.1, 0.15) is 0 Å². The monoisotopic (exact) mass is 268 g/mol. The van der Waals surface area contributed by atoms with Crippen LogP contribution in [0.3, 0.4) is 0 Å². The standard InChI is InChI=1S/C11H25O5P/c1-9(2)15-11(16-10(3)4)7-6-8-17(12,13)14-5/h9-11H,6-8H2,1-5H3,(H,12,13). The average molecular weight is 268 g/mol. The van der Waals surface area contributed by atoms with Crippen LogP contribution in [-0.4, -0.2) is 36.7 Å². The second kappa shape index (κ2) is 8.22. The van der Waals surface area contributed by atoms with Crippen molar-refractivity contribution in [3.05, 3.63) is 0 Å². The third-order valence-electron chi connectivity index (χ3n) is 2.01. The van der Waals surface area contributed by atoms with Crippen LogP contribution in [0.25, 0.3) is 0 Å². The zero-order chi connectivity index (χ0) is 13.5. The van der Waals surface area contributed by atoms with Gasteiger partial charge in [0.25, 0.3) is 0 Å². The molecule has 1 atom stereocenters. The van der Waals surface area contributed by atoms with Crippen LogP contribution in [0.1, 0.15) is 40.5 Å². The molecule has 0 spiro atoms. The first-order valence-electron chi connectivity index (χ1n) is 5.95. The van der Waals surface area contributed by atoms with Gasteiger partial charge in [-0.1, -0.05) is 0 Å². The van der Waals surface area contributed by atoms with Gasteiger partial charge in [-0.25, -0.2) is 0 Å². The Morgan fingerprint density at radius 1 is 1.12 bits per heavy atom. The summed E-state index contributed by atoms with van der Waals surface area (Å²) in [5, 5.41) is 0. The van der Waals surface area contributed by atoms with Gasteiger partial charge in [0.05, 0.1) is 18.4 Å². The van der Waals surface area contributed by atoms with Crippen LogP contribution in [0, 0.1) is 0 Å². The van der Waals surface area contributed by atoms with Gasteiger partial charge in [-0.3, -0.25) is 4.57 Å². The van der Waals surface area contributed by atoms with E-state index in [9.17, 15) is 9.46 Å². The lowest BCUT2D eigenvalue weighted by molar-refractivity contribution is -0.183. The third-order valence-corrected chi connectivity index (χ3v) is 3.47. The highest BCUT2D eigenvalue weighted by Gasteiger charge is 2.19. The van der Waals surface area contributed by atoms with Gasteiger partial charge < -0.3 is 18.9 Å². The highest BCUT2D eigenvalue weighted by atomic mass is 31.2. The van der Waals surface area contributed by atoms with Crippen molar-refractivity contribution < 1.29 is 23.5 Å². The molecule has 0 saturated carbocycles. The lowest BCUT2D eigenvalue weighted by Gasteiger charge is -2.23. The van der Waals surface area contributed by atoms with Crippen molar-refractivity contribution in [1.29, 1.82) is 0 Å². The molecule has 0 rings (SSSR count). The van der Waals surface area contributed by atoms with Gasteiger partial charge >= 0.3 is 7.60 Å². The molecule has 0 radical (unpaired) electrons. The number of ether oxygens (including phenoxy) is 2. The molecular weight excluding hydrogens is 243 g/mol. The van der Waals surface area contributed by atoms with Gasteiger partial charge in [-0.15, -0.1) is 0 Å². The first kappa shape index (κ1) is 17.1. The summed E-state index contributed by atoms with van der Waals surface area (Å²) >= 11 is 0. The summed E-state index contributed by atoms with van der Waals surface area (Å²) in [7, 11) is -2.17. The Hall–Kier alpha value is 0.0700. The molecule has 5 nitrogen and oxygen atoms in total. The van der Waals surface area contributed by atoms with Crippen LogP contribution >= 0.6 is 7.60 Å². The minimum Gasteiger partial charge on any atom is -0.350 e. The Balaban J connectivity index is 4.03. The zero-order valence-corrected chi connectivity index (χ0v) is 12.3. The van der Waals surface area contributed by atoms with Crippen molar-refractivity contribution in [1.82, 2.24) is 0 Å². The summed E-state index contributed by atoms with van der Waals surface area (Å²) in [4.78, 5) is 9.25. The van der Waals surface area contributed by atoms with E-state index in [2.05, 4.69) is 4.52 Å². The fourth-order valence-electron chi connectivity index (χ4n) is 1.32. The lowest BCUT2D eigenvalue weighted by Crippen LogP contribution is -2.24. The maximum absolute atomic E-state index is 11.3. The molecule has 0 aliphatic heterocycles. The second-order valence-corrected chi connectivity index (χ2v) is 6.57. The molecule has 1 N–H and O–H groups in total. The van der Waals surface area contributed by atoms with Crippen molar-refractivity contribution in [3.63, 3.8) is 0 Å². The summed E-state index contributed by atoms with van der Waals surface area (Å²) in [6.45, 7) is 7.73. The van der Waals surface area contributed by atoms with Crippen molar-refractivity contribution in [3.8, 4) is 0 Å². The molecule has 0 fully saturated rings. The molecule has 0 aliphatic carbocycles. The molecule has 0 aromatic rings. The largest absolute Gasteiger partial charge is 0.350 e. The van der Waals surface area contributed by atoms with Gasteiger partial charge in [0, 0.05) is 7.11 Å². The summed E-state index contributed by atoms with van der Waals surface area (Å²) in [5.41, 5.74) is 0. The van der Waals surface area contributed by atoms with Crippen LogP contribution in [0.2, 0.25) is 0 Å². The molecule has 1 unspecified atom stereocenters. The van der Waals surface area contributed by atoms with Gasteiger partial charge in [0.15, 0.2) is 6.29 Å². The van der Waals surface area contributed by atoms with Gasteiger partial charge in [-0.2, -0.15) is 0 Å². The summed E-state index contributed by atoms with van der Waals surface area (Å²) in [6, 6.07) is 0. The van der Waals surface area contributed by atoms with Crippen LogP contribution in [0.4, 0.5) is 0 Å². The molecule has 0 saturated heterocycles. The predicted molar refractivity (Wildman–Crippen MR) is 67.2 cm³/mol. The lowest BCUT2D eigenvalue weighted by atomic mass is 10.3. The maximum Gasteiger partial charge on any atom is 0.327 e. The van der Waals surface area contributed by atoms with E-state index in [1.807, 2.05) is 27.7 Å². The Morgan fingerprint density at radius 3 is 1.94 bits per heavy atom. The van der Waals surface area contributed by atoms with Crippen LogP contribution in [0.5, 0.6) is 0 Å². The maximum atomic E-state index is 11.3. The minimum absolute atomic E-state index is 0.0714. The molecule has 0 aliphatic rings. The number of hydrogen-bond donors (Lipinski definition) is 1. The van der Waals surface area contributed by atoms with E-state index in [4.69, 9.17) is 9.47 Å². The third kappa shape index (κ3) is 9.74. The number of hydrogen-bond acceptors (Lipinski definition) is 4. The smallest absolute Gasteiger partial charge is 0.327 e. The summed E-state index contributed by atoms with van der Waals surface area (Å²) in [5.74, 6) is 0. The highest BCUT2D eigenvalue weighted by Crippen LogP contribution is 2.41. The number of rotatable bonds is 9. The fourth-order valence-corrected chi connectivity index (χ4v) is 2.09. The quantitative estimate of drug-likeness (QED) is 0.514. The highest BCUT2D eigenvalue weighted by molar-refractivity contribution is 7.52. The minimum atomic E-state index is -3.41. The SMILES string of the molecule is COP(=O)(O)CCCC(OC(C)C)OC(C)C. The van der Waals surface area contributed by atoms with E-state index in [0.717, 1.165) is 0 Å². The molecule has 17 heavy (non-hydrogen) atoms. The summed E-state index contributed by atoms with van der Waals surface area (Å²) < 4.78 is 26.9. The van der Waals surface area contributed by atoms with Crippen molar-refractivity contribution in [2.75, 3.05) is 13.3 Å². The molecule has 0 heterocycles. The molecule has 104 valence electrons. The van der Waals surface area contributed by atoms with E-state index in [1.54, 1.807) is 0 Å². The Labute approximate surface area is 104 Å². The summed E-state index contributed by atoms with van der Waals surface area (Å²) in [6.07, 6.45) is 1.06. The van der Waals surface area contributed by atoms with E-state index in [0.29, 0.717) is 12.8 Å². The zero-order valence-electron chi connectivity index (χ0n) is 11.4. The Bertz CT molecular complexity index is 232. The predicted octanol–water partition coefficient (Wildman–Crippen LogP) is 2.77. The van der Waals surface area contributed by atoms with Gasteiger partial charge in [0.2, 0.25) is 0 Å². The molecule has 0 aromatic heterocycles. The van der Waals surface area contributed by atoms with Crippen molar-refractivity contribution in [2.24, 2.45) is 0 Å². The molecule has 0 amide bonds. The molecular formula is C11H25O5P. The molecule has 0 bridgehead atoms. The van der Waals surface area contributed by atoms with E-state index >= 15 is 0 Å². The van der Waals surface area contributed by atoms with Crippen molar-refractivity contribution in [2.45, 2.75) is 59.0 Å². The first-order chi connectivity index (χ1) is 7.76. The Morgan fingerprint density at radius 2 is 1.59 bits per heavy atom. The topological polar surface area (TPSA) is 65.0 Å². The normalized spacial score (nSPS) is 15.8. The second-order valence-electron chi connectivity index (χ2n) is 4.49. The van der Waals surface area contributed by atoms with E-state index < -0.39 is 7.60 Å². The first-order valence-corrected chi connectivity index (χ1v) is 7.71. The van der Waals surface area contributed by atoms with E-state index in [1.165, 1.54) is 7.11 Å². The van der Waals surface area contributed by atoms with Gasteiger partial charge in [-0.05, 0) is 40.5 Å². The van der Waals surface area contributed by atoms with E-state index in [-0.39, 0.29) is 24.7 Å². The fraction of sp³-hybridized carbons (Fsp3) is 1.00. The Kier molecular flexibility index (Phi) is 8.25. The van der Waals surface area contributed by atoms with Crippen molar-refractivity contribution >= 4 is 7.60 Å². The van der Waals surface area contributed by atoms with Crippen LogP contribution < -0.4 is 0 Å². The molecule has 6 heteroatoms. The van der Waals surface area contributed by atoms with Crippen LogP contribution in [-0.2, 0) is 18.6 Å². The van der Waals surface area contributed by atoms with Crippen LogP contribution in [0.15, 0.2) is 0 Å². The molecule has 0 aromatic carbocycles. The average Bonchev–Trinajstić information content (AvgIpc) is 2.15.